The lowest BCUT2D eigenvalue weighted by Gasteiger charge is -2.48. The van der Waals surface area contributed by atoms with E-state index in [1.807, 2.05) is 6.07 Å². The number of aromatic nitrogens is 2. The van der Waals surface area contributed by atoms with Gasteiger partial charge < -0.3 is 11.1 Å². The Morgan fingerprint density at radius 2 is 1.87 bits per heavy atom. The molecule has 0 aromatic carbocycles. The Bertz CT molecular complexity index is 567. The number of nitrogens with one attached hydrogen (secondary N) is 1. The van der Waals surface area contributed by atoms with Crippen molar-refractivity contribution < 1.29 is 0 Å². The predicted octanol–water partition coefficient (Wildman–Crippen LogP) is 2.53. The van der Waals surface area contributed by atoms with E-state index in [1.165, 1.54) is 70.7 Å². The van der Waals surface area contributed by atoms with Gasteiger partial charge in [0.2, 0.25) is 5.95 Å². The summed E-state index contributed by atoms with van der Waals surface area (Å²) in [6, 6.07) is 2.00. The third-order valence-corrected chi connectivity index (χ3v) is 5.33. The molecule has 1 aliphatic heterocycles. The molecule has 2 aliphatic rings. The van der Waals surface area contributed by atoms with Crippen LogP contribution >= 0.6 is 0 Å². The molecule has 0 bridgehead atoms. The van der Waals surface area contributed by atoms with Crippen LogP contribution in [-0.4, -0.2) is 40.0 Å². The molecule has 3 N–H and O–H groups in total. The second-order valence-electron chi connectivity index (χ2n) is 6.79. The summed E-state index contributed by atoms with van der Waals surface area (Å²) in [6.45, 7) is 3.27. The average Bonchev–Trinajstić information content (AvgIpc) is 2.62. The first-order valence-electron chi connectivity index (χ1n) is 8.75. The summed E-state index contributed by atoms with van der Waals surface area (Å²) in [6.07, 6.45) is 11.9. The van der Waals surface area contributed by atoms with E-state index < -0.39 is 0 Å². The molecule has 2 fully saturated rings. The van der Waals surface area contributed by atoms with Crippen LogP contribution < -0.4 is 11.1 Å². The monoisotopic (exact) mass is 314 g/mol. The van der Waals surface area contributed by atoms with Crippen LogP contribution in [0.3, 0.4) is 0 Å². The zero-order chi connectivity index (χ0) is 16.1. The standard InChI is InChI=1S/C17H26N6/c18-11-14-12-20-16(22-15(14)19)21-13-17(7-3-1-4-8-17)23-9-5-2-6-10-23/h12H,1-10,13H2,(H3,19,20,21,22). The van der Waals surface area contributed by atoms with Gasteiger partial charge in [-0.05, 0) is 38.8 Å². The van der Waals surface area contributed by atoms with Gasteiger partial charge in [-0.2, -0.15) is 10.2 Å². The molecule has 0 unspecified atom stereocenters. The maximum absolute atomic E-state index is 8.92. The van der Waals surface area contributed by atoms with Crippen LogP contribution in [0, 0.1) is 11.3 Å². The van der Waals surface area contributed by atoms with Crippen LogP contribution in [0.2, 0.25) is 0 Å². The van der Waals surface area contributed by atoms with Crippen molar-refractivity contribution in [2.75, 3.05) is 30.7 Å². The molecule has 6 heteroatoms. The van der Waals surface area contributed by atoms with Crippen molar-refractivity contribution in [3.63, 3.8) is 0 Å². The second-order valence-corrected chi connectivity index (χ2v) is 6.79. The van der Waals surface area contributed by atoms with Crippen LogP contribution in [0.4, 0.5) is 11.8 Å². The van der Waals surface area contributed by atoms with E-state index >= 15 is 0 Å². The van der Waals surface area contributed by atoms with Gasteiger partial charge in [0.1, 0.15) is 17.5 Å². The maximum Gasteiger partial charge on any atom is 0.224 e. The summed E-state index contributed by atoms with van der Waals surface area (Å²) >= 11 is 0. The number of nitrogens with two attached hydrogens (primary N) is 1. The highest BCUT2D eigenvalue weighted by Crippen LogP contribution is 2.35. The van der Waals surface area contributed by atoms with E-state index in [2.05, 4.69) is 20.2 Å². The number of hydrogen-bond acceptors (Lipinski definition) is 6. The number of nitrogen functional groups attached to an aromatic ring is 1. The van der Waals surface area contributed by atoms with Gasteiger partial charge in [-0.3, -0.25) is 4.90 Å². The smallest absolute Gasteiger partial charge is 0.224 e. The Hall–Kier alpha value is -1.87. The molecule has 1 aromatic rings. The fourth-order valence-electron chi connectivity index (χ4n) is 3.99. The molecule has 1 saturated heterocycles. The number of piperidine rings is 1. The molecule has 1 aliphatic carbocycles. The van der Waals surface area contributed by atoms with Crippen molar-refractivity contribution in [1.29, 1.82) is 5.26 Å². The minimum atomic E-state index is 0.227. The first-order chi connectivity index (χ1) is 11.2. The second kappa shape index (κ2) is 7.14. The number of anilines is 2. The number of hydrogen-bond donors (Lipinski definition) is 2. The summed E-state index contributed by atoms with van der Waals surface area (Å²) in [5.41, 5.74) is 6.35. The lowest BCUT2D eigenvalue weighted by Crippen LogP contribution is -2.56. The normalized spacial score (nSPS) is 21.5. The predicted molar refractivity (Wildman–Crippen MR) is 90.9 cm³/mol. The molecular weight excluding hydrogens is 288 g/mol. The van der Waals surface area contributed by atoms with Crippen LogP contribution in [0.25, 0.3) is 0 Å². The number of likely N-dealkylation sites (tertiary alicyclic amines) is 1. The number of rotatable bonds is 4. The summed E-state index contributed by atoms with van der Waals surface area (Å²) < 4.78 is 0. The molecule has 6 nitrogen and oxygen atoms in total. The minimum Gasteiger partial charge on any atom is -0.382 e. The van der Waals surface area contributed by atoms with Gasteiger partial charge in [0.25, 0.3) is 0 Å². The fraction of sp³-hybridized carbons (Fsp3) is 0.706. The molecule has 23 heavy (non-hydrogen) atoms. The van der Waals surface area contributed by atoms with Gasteiger partial charge >= 0.3 is 0 Å². The molecule has 0 spiro atoms. The quantitative estimate of drug-likeness (QED) is 0.887. The summed E-state index contributed by atoms with van der Waals surface area (Å²) in [5, 5.41) is 12.3. The Morgan fingerprint density at radius 1 is 1.17 bits per heavy atom. The number of nitriles is 1. The van der Waals surface area contributed by atoms with Gasteiger partial charge in [-0.15, -0.1) is 0 Å². The van der Waals surface area contributed by atoms with Crippen molar-refractivity contribution >= 4 is 11.8 Å². The van der Waals surface area contributed by atoms with Crippen LogP contribution in [0.1, 0.15) is 56.9 Å². The molecule has 2 heterocycles. The van der Waals surface area contributed by atoms with E-state index in [4.69, 9.17) is 11.0 Å². The molecular formula is C17H26N6. The third kappa shape index (κ3) is 3.56. The first-order valence-corrected chi connectivity index (χ1v) is 8.75. The molecule has 1 aromatic heterocycles. The van der Waals surface area contributed by atoms with Crippen LogP contribution in [0.5, 0.6) is 0 Å². The first kappa shape index (κ1) is 16.0. The Morgan fingerprint density at radius 3 is 2.52 bits per heavy atom. The van der Waals surface area contributed by atoms with Crippen molar-refractivity contribution in [3.8, 4) is 6.07 Å². The molecule has 3 rings (SSSR count). The van der Waals surface area contributed by atoms with Crippen molar-refractivity contribution in [2.24, 2.45) is 0 Å². The Balaban J connectivity index is 1.71. The lowest BCUT2D eigenvalue weighted by atomic mass is 9.79. The summed E-state index contributed by atoms with van der Waals surface area (Å²) in [4.78, 5) is 11.1. The van der Waals surface area contributed by atoms with E-state index in [1.54, 1.807) is 0 Å². The summed E-state index contributed by atoms with van der Waals surface area (Å²) in [7, 11) is 0. The van der Waals surface area contributed by atoms with E-state index in [9.17, 15) is 0 Å². The Labute approximate surface area is 138 Å². The molecule has 124 valence electrons. The van der Waals surface area contributed by atoms with Gasteiger partial charge in [0.05, 0.1) is 6.20 Å². The fourth-order valence-corrected chi connectivity index (χ4v) is 3.99. The molecule has 0 radical (unpaired) electrons. The summed E-state index contributed by atoms with van der Waals surface area (Å²) in [5.74, 6) is 0.782. The highest BCUT2D eigenvalue weighted by molar-refractivity contribution is 5.49. The topological polar surface area (TPSA) is 90.9 Å². The van der Waals surface area contributed by atoms with Crippen molar-refractivity contribution in [3.05, 3.63) is 11.8 Å². The van der Waals surface area contributed by atoms with Gasteiger partial charge in [-0.25, -0.2) is 4.98 Å². The largest absolute Gasteiger partial charge is 0.382 e. The van der Waals surface area contributed by atoms with Crippen LogP contribution in [0.15, 0.2) is 6.20 Å². The zero-order valence-corrected chi connectivity index (χ0v) is 13.7. The third-order valence-electron chi connectivity index (χ3n) is 5.33. The Kier molecular flexibility index (Phi) is 4.97. The SMILES string of the molecule is N#Cc1cnc(NCC2(N3CCCCC3)CCCCC2)nc1N. The molecule has 1 saturated carbocycles. The molecule has 0 amide bonds. The van der Waals surface area contributed by atoms with E-state index in [-0.39, 0.29) is 11.4 Å². The van der Waals surface area contributed by atoms with Gasteiger partial charge in [0.15, 0.2) is 0 Å². The van der Waals surface area contributed by atoms with E-state index in [0.717, 1.165) is 6.54 Å². The van der Waals surface area contributed by atoms with Gasteiger partial charge in [-0.1, -0.05) is 25.7 Å². The van der Waals surface area contributed by atoms with Crippen LogP contribution in [-0.2, 0) is 0 Å². The van der Waals surface area contributed by atoms with Crippen molar-refractivity contribution in [1.82, 2.24) is 14.9 Å². The van der Waals surface area contributed by atoms with Gasteiger partial charge in [0, 0.05) is 12.1 Å². The molecule has 0 atom stereocenters. The minimum absolute atomic E-state index is 0.227. The average molecular weight is 314 g/mol. The maximum atomic E-state index is 8.92. The highest BCUT2D eigenvalue weighted by atomic mass is 15.2. The zero-order valence-electron chi connectivity index (χ0n) is 13.7. The van der Waals surface area contributed by atoms with Crippen molar-refractivity contribution in [2.45, 2.75) is 56.9 Å². The highest BCUT2D eigenvalue weighted by Gasteiger charge is 2.38. The van der Waals surface area contributed by atoms with E-state index in [0.29, 0.717) is 11.5 Å². The lowest BCUT2D eigenvalue weighted by molar-refractivity contribution is 0.0436. The number of nitrogens with zero attached hydrogens (tertiary/aromatic N) is 4.